The van der Waals surface area contributed by atoms with Gasteiger partial charge in [0.2, 0.25) is 0 Å². The van der Waals surface area contributed by atoms with Gasteiger partial charge in [0.25, 0.3) is 0 Å². The molecule has 0 atom stereocenters. The Morgan fingerprint density at radius 1 is 1.22 bits per heavy atom. The van der Waals surface area contributed by atoms with Crippen LogP contribution in [-0.4, -0.2) is 30.1 Å². The molecule has 6 heteroatoms. The maximum absolute atomic E-state index is 13.4. The number of amides is 2. The van der Waals surface area contributed by atoms with E-state index in [1.54, 1.807) is 0 Å². The van der Waals surface area contributed by atoms with Crippen LogP contribution in [0.3, 0.4) is 0 Å². The standard InChI is InChI=1S/C17H25FN2O3/c1-4-17(5-2,9-10-21)11-19-15(22)16(23)20-14-8-6-7-13(18)12(14)3/h6-8,21H,4-5,9-11H2,1-3H3,(H,19,22)(H,20,23). The van der Waals surface area contributed by atoms with E-state index in [9.17, 15) is 14.0 Å². The van der Waals surface area contributed by atoms with Crippen LogP contribution in [0.1, 0.15) is 38.7 Å². The quantitative estimate of drug-likeness (QED) is 0.674. The highest BCUT2D eigenvalue weighted by Crippen LogP contribution is 2.29. The summed E-state index contributed by atoms with van der Waals surface area (Å²) in [4.78, 5) is 23.9. The first kappa shape index (κ1) is 19.1. The first-order chi connectivity index (χ1) is 10.9. The molecular weight excluding hydrogens is 299 g/mol. The zero-order chi connectivity index (χ0) is 17.5. The van der Waals surface area contributed by atoms with Crippen molar-refractivity contribution < 1.29 is 19.1 Å². The molecule has 0 unspecified atom stereocenters. The van der Waals surface area contributed by atoms with Gasteiger partial charge in [0.15, 0.2) is 0 Å². The lowest BCUT2D eigenvalue weighted by Gasteiger charge is -2.31. The zero-order valence-electron chi connectivity index (χ0n) is 13.9. The summed E-state index contributed by atoms with van der Waals surface area (Å²) in [7, 11) is 0. The van der Waals surface area contributed by atoms with E-state index in [0.717, 1.165) is 12.8 Å². The maximum Gasteiger partial charge on any atom is 0.313 e. The molecule has 3 N–H and O–H groups in total. The van der Waals surface area contributed by atoms with E-state index in [0.29, 0.717) is 13.0 Å². The molecule has 0 aromatic heterocycles. The number of hydrogen-bond donors (Lipinski definition) is 3. The predicted molar refractivity (Wildman–Crippen MR) is 87.5 cm³/mol. The van der Waals surface area contributed by atoms with Crippen LogP contribution in [0, 0.1) is 18.2 Å². The van der Waals surface area contributed by atoms with E-state index in [-0.39, 0.29) is 23.3 Å². The predicted octanol–water partition coefficient (Wildman–Crippen LogP) is 2.38. The largest absolute Gasteiger partial charge is 0.396 e. The van der Waals surface area contributed by atoms with Crippen molar-refractivity contribution in [2.24, 2.45) is 5.41 Å². The van der Waals surface area contributed by atoms with Crippen LogP contribution in [0.15, 0.2) is 18.2 Å². The molecule has 0 radical (unpaired) electrons. The van der Waals surface area contributed by atoms with Gasteiger partial charge in [0, 0.05) is 24.4 Å². The van der Waals surface area contributed by atoms with Gasteiger partial charge in [-0.1, -0.05) is 19.9 Å². The lowest BCUT2D eigenvalue weighted by atomic mass is 9.79. The molecule has 0 bridgehead atoms. The minimum atomic E-state index is -0.830. The third-order valence-corrected chi connectivity index (χ3v) is 4.49. The van der Waals surface area contributed by atoms with Crippen molar-refractivity contribution in [3.63, 3.8) is 0 Å². The Balaban J connectivity index is 2.67. The first-order valence-corrected chi connectivity index (χ1v) is 7.84. The minimum Gasteiger partial charge on any atom is -0.396 e. The van der Waals surface area contributed by atoms with Crippen molar-refractivity contribution >= 4 is 17.5 Å². The van der Waals surface area contributed by atoms with E-state index in [1.165, 1.54) is 25.1 Å². The number of hydrogen-bond acceptors (Lipinski definition) is 3. The number of anilines is 1. The highest BCUT2D eigenvalue weighted by atomic mass is 19.1. The number of rotatable bonds is 7. The molecule has 0 fully saturated rings. The van der Waals surface area contributed by atoms with Crippen molar-refractivity contribution in [2.45, 2.75) is 40.0 Å². The van der Waals surface area contributed by atoms with Crippen LogP contribution in [0.2, 0.25) is 0 Å². The summed E-state index contributed by atoms with van der Waals surface area (Å²) in [6.45, 7) is 5.85. The van der Waals surface area contributed by atoms with Gasteiger partial charge < -0.3 is 15.7 Å². The van der Waals surface area contributed by atoms with Crippen molar-refractivity contribution in [3.05, 3.63) is 29.6 Å². The monoisotopic (exact) mass is 324 g/mol. The fourth-order valence-electron chi connectivity index (χ4n) is 2.45. The molecule has 0 aliphatic rings. The SMILES string of the molecule is CCC(CC)(CCO)CNC(=O)C(=O)Nc1cccc(F)c1C. The molecule has 0 saturated heterocycles. The Labute approximate surface area is 136 Å². The van der Waals surface area contributed by atoms with Gasteiger partial charge in [0.05, 0.1) is 0 Å². The number of nitrogens with one attached hydrogen (secondary N) is 2. The Morgan fingerprint density at radius 3 is 2.43 bits per heavy atom. The average Bonchev–Trinajstić information content (AvgIpc) is 2.55. The molecule has 1 aromatic carbocycles. The van der Waals surface area contributed by atoms with Crippen LogP contribution in [0.4, 0.5) is 10.1 Å². The van der Waals surface area contributed by atoms with Crippen LogP contribution < -0.4 is 10.6 Å². The van der Waals surface area contributed by atoms with E-state index < -0.39 is 17.6 Å². The van der Waals surface area contributed by atoms with Gasteiger partial charge >= 0.3 is 11.8 Å². The summed E-state index contributed by atoms with van der Waals surface area (Å²) in [5.41, 5.74) is 0.336. The van der Waals surface area contributed by atoms with Gasteiger partial charge in [-0.15, -0.1) is 0 Å². The highest BCUT2D eigenvalue weighted by molar-refractivity contribution is 6.39. The second-order valence-electron chi connectivity index (χ2n) is 5.73. The van der Waals surface area contributed by atoms with Crippen LogP contribution >= 0.6 is 0 Å². The molecule has 0 heterocycles. The Bertz CT molecular complexity index is 557. The third kappa shape index (κ3) is 5.03. The van der Waals surface area contributed by atoms with Gasteiger partial charge in [-0.2, -0.15) is 0 Å². The van der Waals surface area contributed by atoms with Crippen molar-refractivity contribution in [3.8, 4) is 0 Å². The second-order valence-corrected chi connectivity index (χ2v) is 5.73. The molecule has 128 valence electrons. The second kappa shape index (κ2) is 8.62. The lowest BCUT2D eigenvalue weighted by molar-refractivity contribution is -0.136. The topological polar surface area (TPSA) is 78.4 Å². The summed E-state index contributed by atoms with van der Waals surface area (Å²) >= 11 is 0. The van der Waals surface area contributed by atoms with Crippen LogP contribution in [0.5, 0.6) is 0 Å². The molecule has 1 rings (SSSR count). The molecule has 0 spiro atoms. The third-order valence-electron chi connectivity index (χ3n) is 4.49. The number of benzene rings is 1. The Kier molecular flexibility index (Phi) is 7.16. The van der Waals surface area contributed by atoms with Crippen LogP contribution in [0.25, 0.3) is 0 Å². The molecule has 0 aliphatic carbocycles. The van der Waals surface area contributed by atoms with Crippen molar-refractivity contribution in [1.29, 1.82) is 0 Å². The number of aliphatic hydroxyl groups excluding tert-OH is 1. The molecule has 1 aromatic rings. The van der Waals surface area contributed by atoms with Gasteiger partial charge in [-0.05, 0) is 43.7 Å². The number of aliphatic hydroxyl groups is 1. The van der Waals surface area contributed by atoms with E-state index >= 15 is 0 Å². The van der Waals surface area contributed by atoms with Gasteiger partial charge in [0.1, 0.15) is 5.82 Å². The fraction of sp³-hybridized carbons (Fsp3) is 0.529. The zero-order valence-corrected chi connectivity index (χ0v) is 13.9. The molecule has 2 amide bonds. The molecule has 0 saturated carbocycles. The Morgan fingerprint density at radius 2 is 1.87 bits per heavy atom. The van der Waals surface area contributed by atoms with E-state index in [1.807, 2.05) is 13.8 Å². The van der Waals surface area contributed by atoms with Crippen molar-refractivity contribution in [1.82, 2.24) is 5.32 Å². The summed E-state index contributed by atoms with van der Waals surface area (Å²) in [5, 5.41) is 14.2. The minimum absolute atomic E-state index is 0.0340. The maximum atomic E-state index is 13.4. The number of carbonyl (C=O) groups excluding carboxylic acids is 2. The fourth-order valence-corrected chi connectivity index (χ4v) is 2.45. The summed E-state index contributed by atoms with van der Waals surface area (Å²) in [6.07, 6.45) is 2.13. The number of carbonyl (C=O) groups is 2. The average molecular weight is 324 g/mol. The normalized spacial score (nSPS) is 11.2. The summed E-state index contributed by atoms with van der Waals surface area (Å²) in [6, 6.07) is 4.30. The van der Waals surface area contributed by atoms with Crippen molar-refractivity contribution in [2.75, 3.05) is 18.5 Å². The highest BCUT2D eigenvalue weighted by Gasteiger charge is 2.27. The number of halogens is 1. The van der Waals surface area contributed by atoms with E-state index in [2.05, 4.69) is 10.6 Å². The molecule has 5 nitrogen and oxygen atoms in total. The first-order valence-electron chi connectivity index (χ1n) is 7.84. The Hall–Kier alpha value is -1.95. The van der Waals surface area contributed by atoms with Gasteiger partial charge in [-0.3, -0.25) is 9.59 Å². The van der Waals surface area contributed by atoms with E-state index in [4.69, 9.17) is 5.11 Å². The van der Waals surface area contributed by atoms with Crippen LogP contribution in [-0.2, 0) is 9.59 Å². The molecular formula is C17H25FN2O3. The van der Waals surface area contributed by atoms with Gasteiger partial charge in [-0.25, -0.2) is 4.39 Å². The molecule has 23 heavy (non-hydrogen) atoms. The smallest absolute Gasteiger partial charge is 0.313 e. The summed E-state index contributed by atoms with van der Waals surface area (Å²) in [5.74, 6) is -2.04. The molecule has 0 aliphatic heterocycles. The lowest BCUT2D eigenvalue weighted by Crippen LogP contribution is -2.42. The summed E-state index contributed by atoms with van der Waals surface area (Å²) < 4.78 is 13.4.